The average Bonchev–Trinajstić information content (AvgIpc) is 2.35. The van der Waals surface area contributed by atoms with Crippen LogP contribution in [0.15, 0.2) is 0 Å². The molecule has 1 saturated carbocycles. The number of nitrogens with one attached hydrogen (secondary N) is 1. The molecule has 0 bridgehead atoms. The van der Waals surface area contributed by atoms with E-state index in [4.69, 9.17) is 4.74 Å². The number of hydrogen-bond acceptors (Lipinski definition) is 4. The third-order valence-electron chi connectivity index (χ3n) is 3.55. The van der Waals surface area contributed by atoms with E-state index >= 15 is 0 Å². The first-order valence-corrected chi connectivity index (χ1v) is 7.64. The molecule has 17 heavy (non-hydrogen) atoms. The van der Waals surface area contributed by atoms with Crippen LogP contribution in [0.2, 0.25) is 0 Å². The van der Waals surface area contributed by atoms with E-state index in [9.17, 15) is 4.79 Å². The molecule has 1 rings (SSSR count). The fourth-order valence-corrected chi connectivity index (χ4v) is 3.31. The largest absolute Gasteiger partial charge is 0.469 e. The van der Waals surface area contributed by atoms with Gasteiger partial charge in [0.25, 0.3) is 0 Å². The highest BCUT2D eigenvalue weighted by atomic mass is 32.2. The number of ether oxygens (including phenoxy) is 1. The molecule has 0 aromatic rings. The molecule has 0 saturated heterocycles. The minimum absolute atomic E-state index is 0.137. The zero-order valence-corrected chi connectivity index (χ0v) is 12.2. The lowest BCUT2D eigenvalue weighted by atomic mass is 9.90. The van der Waals surface area contributed by atoms with Crippen LogP contribution in [0.25, 0.3) is 0 Å². The van der Waals surface area contributed by atoms with Crippen LogP contribution in [-0.2, 0) is 9.53 Å². The smallest absolute Gasteiger partial charge is 0.312 e. The fourth-order valence-electron chi connectivity index (χ4n) is 2.35. The van der Waals surface area contributed by atoms with E-state index in [1.807, 2.05) is 25.6 Å². The van der Waals surface area contributed by atoms with Gasteiger partial charge in [-0.15, -0.1) is 0 Å². The van der Waals surface area contributed by atoms with Crippen LogP contribution in [0.4, 0.5) is 0 Å². The summed E-state index contributed by atoms with van der Waals surface area (Å²) in [5, 5.41) is 4.25. The zero-order chi connectivity index (χ0) is 12.9. The molecule has 1 aliphatic rings. The number of hydrogen-bond donors (Lipinski definition) is 1. The molecule has 0 spiro atoms. The molecule has 0 amide bonds. The van der Waals surface area contributed by atoms with Gasteiger partial charge in [0.15, 0.2) is 0 Å². The number of carbonyl (C=O) groups is 1. The standard InChI is InChI=1S/C13H25NO2S/c1-13(2,12(15)16-3)9-14-10-7-5-6-8-11(10)17-4/h10-11,14H,5-9H2,1-4H3. The van der Waals surface area contributed by atoms with Crippen LogP contribution in [0.5, 0.6) is 0 Å². The molecule has 2 unspecified atom stereocenters. The lowest BCUT2D eigenvalue weighted by molar-refractivity contribution is -0.150. The molecule has 3 nitrogen and oxygen atoms in total. The summed E-state index contributed by atoms with van der Waals surface area (Å²) in [6.07, 6.45) is 7.33. The van der Waals surface area contributed by atoms with Crippen LogP contribution in [0.1, 0.15) is 39.5 Å². The van der Waals surface area contributed by atoms with Crippen LogP contribution < -0.4 is 5.32 Å². The van der Waals surface area contributed by atoms with Gasteiger partial charge in [0.2, 0.25) is 0 Å². The van der Waals surface area contributed by atoms with Gasteiger partial charge in [0.1, 0.15) is 0 Å². The Bertz CT molecular complexity index is 256. The molecule has 0 aliphatic heterocycles. The number of rotatable bonds is 5. The summed E-state index contributed by atoms with van der Waals surface area (Å²) in [4.78, 5) is 11.6. The third kappa shape index (κ3) is 4.18. The van der Waals surface area contributed by atoms with Gasteiger partial charge in [-0.25, -0.2) is 0 Å². The molecule has 1 N–H and O–H groups in total. The van der Waals surface area contributed by atoms with E-state index in [0.717, 1.165) is 0 Å². The first-order chi connectivity index (χ1) is 8.01. The summed E-state index contributed by atoms with van der Waals surface area (Å²) in [6.45, 7) is 4.56. The molecule has 0 aromatic carbocycles. The van der Waals surface area contributed by atoms with E-state index in [1.54, 1.807) is 0 Å². The molecule has 0 heterocycles. The monoisotopic (exact) mass is 259 g/mol. The molecule has 1 aliphatic carbocycles. The van der Waals surface area contributed by atoms with Gasteiger partial charge in [0, 0.05) is 17.8 Å². The first-order valence-electron chi connectivity index (χ1n) is 6.36. The predicted octanol–water partition coefficient (Wildman–Crippen LogP) is 2.45. The Labute approximate surface area is 109 Å². The van der Waals surface area contributed by atoms with E-state index < -0.39 is 5.41 Å². The highest BCUT2D eigenvalue weighted by molar-refractivity contribution is 7.99. The van der Waals surface area contributed by atoms with Crippen LogP contribution in [0, 0.1) is 5.41 Å². The van der Waals surface area contributed by atoms with Crippen molar-refractivity contribution >= 4 is 17.7 Å². The number of carbonyl (C=O) groups excluding carboxylic acids is 1. The van der Waals surface area contributed by atoms with Gasteiger partial charge >= 0.3 is 5.97 Å². The molecule has 100 valence electrons. The summed E-state index contributed by atoms with van der Waals surface area (Å²) in [7, 11) is 1.45. The van der Waals surface area contributed by atoms with Gasteiger partial charge in [-0.3, -0.25) is 4.79 Å². The number of esters is 1. The Morgan fingerprint density at radius 1 is 1.41 bits per heavy atom. The predicted molar refractivity (Wildman–Crippen MR) is 73.4 cm³/mol. The lowest BCUT2D eigenvalue weighted by Crippen LogP contribution is -2.46. The topological polar surface area (TPSA) is 38.3 Å². The normalized spacial score (nSPS) is 25.6. The Morgan fingerprint density at radius 3 is 2.65 bits per heavy atom. The minimum Gasteiger partial charge on any atom is -0.469 e. The van der Waals surface area contributed by atoms with Crippen molar-refractivity contribution in [3.05, 3.63) is 0 Å². The van der Waals surface area contributed by atoms with Crippen molar-refractivity contribution in [3.8, 4) is 0 Å². The van der Waals surface area contributed by atoms with Crippen molar-refractivity contribution in [3.63, 3.8) is 0 Å². The second-order valence-electron chi connectivity index (χ2n) is 5.42. The van der Waals surface area contributed by atoms with Gasteiger partial charge in [0.05, 0.1) is 12.5 Å². The maximum atomic E-state index is 11.6. The molecule has 1 fully saturated rings. The highest BCUT2D eigenvalue weighted by Crippen LogP contribution is 2.28. The van der Waals surface area contributed by atoms with E-state index in [2.05, 4.69) is 11.6 Å². The van der Waals surface area contributed by atoms with E-state index in [0.29, 0.717) is 17.8 Å². The van der Waals surface area contributed by atoms with E-state index in [1.165, 1.54) is 32.8 Å². The lowest BCUT2D eigenvalue weighted by Gasteiger charge is -2.33. The number of methoxy groups -OCH3 is 1. The summed E-state index contributed by atoms with van der Waals surface area (Å²) in [5.41, 5.74) is -0.435. The summed E-state index contributed by atoms with van der Waals surface area (Å²) in [6, 6.07) is 0.544. The van der Waals surface area contributed by atoms with Gasteiger partial charge in [-0.1, -0.05) is 12.8 Å². The quantitative estimate of drug-likeness (QED) is 0.770. The SMILES string of the molecule is COC(=O)C(C)(C)CNC1CCCCC1SC. The summed E-state index contributed by atoms with van der Waals surface area (Å²) < 4.78 is 4.82. The summed E-state index contributed by atoms with van der Waals surface area (Å²) >= 11 is 1.94. The average molecular weight is 259 g/mol. The molecule has 2 atom stereocenters. The van der Waals surface area contributed by atoms with Crippen molar-refractivity contribution in [2.24, 2.45) is 5.41 Å². The number of thioether (sulfide) groups is 1. The molecule has 4 heteroatoms. The Kier molecular flexibility index (Phi) is 5.80. The molecular formula is C13H25NO2S. The molecule has 0 aromatic heterocycles. The summed E-state index contributed by atoms with van der Waals surface area (Å²) in [5.74, 6) is -0.137. The van der Waals surface area contributed by atoms with Crippen LogP contribution in [0.3, 0.4) is 0 Å². The van der Waals surface area contributed by atoms with Gasteiger partial charge in [-0.2, -0.15) is 11.8 Å². The van der Waals surface area contributed by atoms with Crippen molar-refractivity contribution in [2.45, 2.75) is 50.8 Å². The minimum atomic E-state index is -0.435. The Hall–Kier alpha value is -0.220. The van der Waals surface area contributed by atoms with Crippen molar-refractivity contribution in [1.29, 1.82) is 0 Å². The first kappa shape index (κ1) is 14.8. The molecule has 0 radical (unpaired) electrons. The van der Waals surface area contributed by atoms with Crippen molar-refractivity contribution in [1.82, 2.24) is 5.32 Å². The van der Waals surface area contributed by atoms with Crippen molar-refractivity contribution < 1.29 is 9.53 Å². The Morgan fingerprint density at radius 2 is 2.06 bits per heavy atom. The van der Waals surface area contributed by atoms with Gasteiger partial charge in [-0.05, 0) is 32.9 Å². The second kappa shape index (κ2) is 6.64. The maximum absolute atomic E-state index is 11.6. The fraction of sp³-hybridized carbons (Fsp3) is 0.923. The maximum Gasteiger partial charge on any atom is 0.312 e. The molecular weight excluding hydrogens is 234 g/mol. The van der Waals surface area contributed by atoms with E-state index in [-0.39, 0.29) is 5.97 Å². The van der Waals surface area contributed by atoms with Gasteiger partial charge < -0.3 is 10.1 Å². The van der Waals surface area contributed by atoms with Crippen LogP contribution in [-0.4, -0.2) is 37.2 Å². The van der Waals surface area contributed by atoms with Crippen molar-refractivity contribution in [2.75, 3.05) is 19.9 Å². The third-order valence-corrected chi connectivity index (χ3v) is 4.72. The Balaban J connectivity index is 2.45. The van der Waals surface area contributed by atoms with Crippen LogP contribution >= 0.6 is 11.8 Å². The zero-order valence-electron chi connectivity index (χ0n) is 11.4. The highest BCUT2D eigenvalue weighted by Gasteiger charge is 2.31. The second-order valence-corrected chi connectivity index (χ2v) is 6.50.